The zero-order valence-electron chi connectivity index (χ0n) is 30.1. The second kappa shape index (κ2) is 15.9. The van der Waals surface area contributed by atoms with Crippen LogP contribution in [0.1, 0.15) is 81.7 Å². The molecule has 0 saturated heterocycles. The Morgan fingerprint density at radius 3 is 2.45 bits per heavy atom. The molecule has 2 aliphatic rings. The predicted molar refractivity (Wildman–Crippen MR) is 189 cm³/mol. The minimum atomic E-state index is -5.05. The van der Waals surface area contributed by atoms with Crippen molar-refractivity contribution in [1.82, 2.24) is 30.4 Å². The van der Waals surface area contributed by atoms with Crippen LogP contribution in [0.5, 0.6) is 5.88 Å². The van der Waals surface area contributed by atoms with E-state index < -0.39 is 72.0 Å². The lowest BCUT2D eigenvalue weighted by atomic mass is 9.93. The van der Waals surface area contributed by atoms with Gasteiger partial charge in [-0.3, -0.25) is 14.3 Å². The number of aromatic nitrogens is 4. The molecular formula is C40H33F7N6O3. The summed E-state index contributed by atoms with van der Waals surface area (Å²) in [4.78, 5) is 35.1. The fourth-order valence-corrected chi connectivity index (χ4v) is 6.59. The van der Waals surface area contributed by atoms with E-state index >= 15 is 0 Å². The Hall–Kier alpha value is -6.24. The zero-order chi connectivity index (χ0) is 40.4. The molecule has 0 fully saturated rings. The van der Waals surface area contributed by atoms with Gasteiger partial charge >= 0.3 is 6.18 Å². The van der Waals surface area contributed by atoms with Crippen molar-refractivity contribution in [2.75, 3.05) is 7.11 Å². The summed E-state index contributed by atoms with van der Waals surface area (Å²) in [6.07, 6.45) is -5.36. The molecule has 0 saturated carbocycles. The van der Waals surface area contributed by atoms with Crippen LogP contribution >= 0.6 is 0 Å². The standard InChI is InChI=1S/C38H27F7N6O3.C2H6/c1-54-32-9-3-20(17-46-32)2-6-26-7-8-27(22-4-5-23-18-47-36(53)29(23)15-22)33(48-26)30(14-21-12-24(39)16-25(40)13-21)49-31(52)19-51-35-28(10-11-37(35,41)42)34(50-51)38(43,44)45;1-2/h3-5,7-9,12-13,15-17,30H,10-11,14,18-19H2,1H3,(H,47,53)(H,49,52);1-2H3/t30-;/m0./s1. The topological polar surface area (TPSA) is 111 Å². The SMILES string of the molecule is CC.COc1ccc(C#Cc2ccc(-c3ccc4c(c3)C(=O)NC4)c([C@H](Cc3cc(F)cc(F)c3)NC(=O)Cn3nc(C(F)(F)F)c4c3C(F)(F)CC4)n2)cn1. The van der Waals surface area contributed by atoms with Crippen LogP contribution in [0.3, 0.4) is 0 Å². The lowest BCUT2D eigenvalue weighted by Crippen LogP contribution is -2.35. The molecule has 5 aromatic rings. The van der Waals surface area contributed by atoms with E-state index in [0.717, 1.165) is 17.7 Å². The van der Waals surface area contributed by atoms with Gasteiger partial charge in [-0.05, 0) is 71.9 Å². The minimum absolute atomic E-state index is 0.0607. The minimum Gasteiger partial charge on any atom is -0.481 e. The number of carbonyl (C=O) groups is 2. The van der Waals surface area contributed by atoms with Gasteiger partial charge in [0.25, 0.3) is 11.8 Å². The molecule has 2 N–H and O–H groups in total. The van der Waals surface area contributed by atoms with Gasteiger partial charge in [-0.1, -0.05) is 31.9 Å². The lowest BCUT2D eigenvalue weighted by molar-refractivity contribution is -0.142. The number of nitrogens with zero attached hydrogens (tertiary/aromatic N) is 4. The van der Waals surface area contributed by atoms with Crippen molar-refractivity contribution in [1.29, 1.82) is 0 Å². The summed E-state index contributed by atoms with van der Waals surface area (Å²) in [5.41, 5.74) is -0.419. The number of rotatable bonds is 8. The first-order valence-electron chi connectivity index (χ1n) is 17.4. The average Bonchev–Trinajstić information content (AvgIpc) is 3.83. The summed E-state index contributed by atoms with van der Waals surface area (Å²) >= 11 is 0. The number of halogens is 7. The quantitative estimate of drug-likeness (QED) is 0.125. The first kappa shape index (κ1) is 39.5. The van der Waals surface area contributed by atoms with E-state index in [1.165, 1.54) is 13.3 Å². The van der Waals surface area contributed by atoms with Crippen LogP contribution in [-0.4, -0.2) is 38.7 Å². The number of methoxy groups -OCH3 is 1. The van der Waals surface area contributed by atoms with Gasteiger partial charge in [-0.15, -0.1) is 0 Å². The fourth-order valence-electron chi connectivity index (χ4n) is 6.59. The summed E-state index contributed by atoms with van der Waals surface area (Å²) in [7, 11) is 1.46. The van der Waals surface area contributed by atoms with Crippen molar-refractivity contribution in [2.24, 2.45) is 0 Å². The lowest BCUT2D eigenvalue weighted by Gasteiger charge is -2.23. The molecule has 1 aliphatic heterocycles. The van der Waals surface area contributed by atoms with Crippen LogP contribution in [0.15, 0.2) is 66.9 Å². The number of amides is 2. The van der Waals surface area contributed by atoms with Gasteiger partial charge in [0.1, 0.15) is 29.6 Å². The maximum Gasteiger partial charge on any atom is 0.435 e. The molecule has 2 aromatic carbocycles. The molecular weight excluding hydrogens is 745 g/mol. The van der Waals surface area contributed by atoms with Crippen molar-refractivity contribution in [3.63, 3.8) is 0 Å². The van der Waals surface area contributed by atoms with Gasteiger partial charge in [-0.2, -0.15) is 27.1 Å². The molecule has 16 heteroatoms. The fraction of sp³-hybridized carbons (Fsp3) is 0.275. The van der Waals surface area contributed by atoms with Crippen molar-refractivity contribution >= 4 is 11.8 Å². The van der Waals surface area contributed by atoms with Gasteiger partial charge < -0.3 is 15.4 Å². The molecule has 2 amide bonds. The molecule has 290 valence electrons. The van der Waals surface area contributed by atoms with Crippen molar-refractivity contribution in [3.8, 4) is 28.8 Å². The van der Waals surface area contributed by atoms with Crippen LogP contribution in [0.2, 0.25) is 0 Å². The van der Waals surface area contributed by atoms with E-state index in [2.05, 4.69) is 32.6 Å². The van der Waals surface area contributed by atoms with Crippen LogP contribution in [-0.2, 0) is 42.8 Å². The third-order valence-corrected chi connectivity index (χ3v) is 8.99. The van der Waals surface area contributed by atoms with E-state index in [1.807, 2.05) is 13.8 Å². The first-order valence-corrected chi connectivity index (χ1v) is 17.4. The van der Waals surface area contributed by atoms with Gasteiger partial charge in [0.05, 0.1) is 18.8 Å². The zero-order valence-corrected chi connectivity index (χ0v) is 30.1. The van der Waals surface area contributed by atoms with Crippen LogP contribution in [0, 0.1) is 23.5 Å². The Morgan fingerprint density at radius 1 is 1.02 bits per heavy atom. The molecule has 9 nitrogen and oxygen atoms in total. The highest BCUT2D eigenvalue weighted by Crippen LogP contribution is 2.46. The third kappa shape index (κ3) is 8.36. The molecule has 7 rings (SSSR count). The maximum atomic E-state index is 14.9. The molecule has 0 radical (unpaired) electrons. The van der Waals surface area contributed by atoms with Crippen LogP contribution < -0.4 is 15.4 Å². The molecule has 4 heterocycles. The molecule has 1 atom stereocenters. The number of benzene rings is 2. The van der Waals surface area contributed by atoms with Crippen molar-refractivity contribution < 1.29 is 45.1 Å². The van der Waals surface area contributed by atoms with Crippen molar-refractivity contribution in [2.45, 2.75) is 64.3 Å². The number of hydrogen-bond donors (Lipinski definition) is 2. The molecule has 56 heavy (non-hydrogen) atoms. The smallest absolute Gasteiger partial charge is 0.435 e. The second-order valence-electron chi connectivity index (χ2n) is 12.7. The van der Waals surface area contributed by atoms with Gasteiger partial charge in [0.15, 0.2) is 5.69 Å². The Labute approximate surface area is 316 Å². The summed E-state index contributed by atoms with van der Waals surface area (Å²) in [6.45, 7) is 3.27. The highest BCUT2D eigenvalue weighted by Gasteiger charge is 2.50. The molecule has 0 bridgehead atoms. The number of fused-ring (bicyclic) bond motifs is 2. The number of nitrogens with one attached hydrogen (secondary N) is 2. The molecule has 1 aliphatic carbocycles. The van der Waals surface area contributed by atoms with E-state index in [0.29, 0.717) is 45.4 Å². The number of alkyl halides is 5. The normalized spacial score (nSPS) is 14.4. The number of carbonyl (C=O) groups excluding carboxylic acids is 2. The predicted octanol–water partition coefficient (Wildman–Crippen LogP) is 7.45. The molecule has 3 aromatic heterocycles. The van der Waals surface area contributed by atoms with Gasteiger partial charge in [-0.25, -0.2) is 18.7 Å². The summed E-state index contributed by atoms with van der Waals surface area (Å²) in [5, 5.41) is 8.74. The van der Waals surface area contributed by atoms with Gasteiger partial charge in [0.2, 0.25) is 11.8 Å². The highest BCUT2D eigenvalue weighted by molar-refractivity contribution is 5.99. The van der Waals surface area contributed by atoms with Crippen LogP contribution in [0.4, 0.5) is 30.7 Å². The Kier molecular flexibility index (Phi) is 11.2. The maximum absolute atomic E-state index is 14.9. The largest absolute Gasteiger partial charge is 0.481 e. The van der Waals surface area contributed by atoms with Crippen LogP contribution in [0.25, 0.3) is 11.1 Å². The number of hydrogen-bond acceptors (Lipinski definition) is 6. The van der Waals surface area contributed by atoms with E-state index in [1.54, 1.807) is 42.5 Å². The molecule has 0 unspecified atom stereocenters. The van der Waals surface area contributed by atoms with Crippen molar-refractivity contribution in [3.05, 3.63) is 129 Å². The van der Waals surface area contributed by atoms with E-state index in [4.69, 9.17) is 9.72 Å². The second-order valence-corrected chi connectivity index (χ2v) is 12.7. The third-order valence-electron chi connectivity index (χ3n) is 8.99. The Morgan fingerprint density at radius 2 is 1.77 bits per heavy atom. The molecule has 0 spiro atoms. The summed E-state index contributed by atoms with van der Waals surface area (Å²) < 4.78 is 105. The number of pyridine rings is 2. The Balaban J connectivity index is 0.00000262. The van der Waals surface area contributed by atoms with E-state index in [9.17, 15) is 40.3 Å². The average molecular weight is 779 g/mol. The monoisotopic (exact) mass is 778 g/mol. The highest BCUT2D eigenvalue weighted by atomic mass is 19.4. The summed E-state index contributed by atoms with van der Waals surface area (Å²) in [5.74, 6) is -0.695. The summed E-state index contributed by atoms with van der Waals surface area (Å²) in [6, 6.07) is 12.9. The number of ether oxygens (including phenoxy) is 1. The van der Waals surface area contributed by atoms with Gasteiger partial charge in [0, 0.05) is 53.5 Å². The van der Waals surface area contributed by atoms with E-state index in [-0.39, 0.29) is 29.3 Å². The Bertz CT molecular complexity index is 2340. The first-order chi connectivity index (χ1) is 26.7.